The van der Waals surface area contributed by atoms with Gasteiger partial charge in [-0.25, -0.2) is 0 Å². The lowest BCUT2D eigenvalue weighted by Crippen LogP contribution is -2.37. The summed E-state index contributed by atoms with van der Waals surface area (Å²) in [6.07, 6.45) is 6.00. The number of likely N-dealkylation sites (tertiary alicyclic amines) is 1. The van der Waals surface area contributed by atoms with Gasteiger partial charge in [0.05, 0.1) is 11.4 Å². The maximum atomic E-state index is 13.3. The molecule has 0 saturated carbocycles. The molecule has 0 aliphatic carbocycles. The summed E-state index contributed by atoms with van der Waals surface area (Å²) in [4.78, 5) is 42.6. The van der Waals surface area contributed by atoms with E-state index in [1.807, 2.05) is 35.2 Å². The van der Waals surface area contributed by atoms with E-state index in [-0.39, 0.29) is 23.1 Å². The van der Waals surface area contributed by atoms with Gasteiger partial charge in [-0.05, 0) is 67.1 Å². The zero-order valence-corrected chi connectivity index (χ0v) is 24.7. The monoisotopic (exact) mass is 595 g/mol. The molecular weight excluding hydrogens is 562 g/mol. The summed E-state index contributed by atoms with van der Waals surface area (Å²) in [5, 5.41) is 4.20. The molecule has 2 saturated heterocycles. The Bertz CT molecular complexity index is 1720. The van der Waals surface area contributed by atoms with Crippen LogP contribution in [0.3, 0.4) is 0 Å². The van der Waals surface area contributed by atoms with E-state index in [4.69, 9.17) is 16.0 Å². The number of nitrogens with one attached hydrogen (secondary N) is 1. The van der Waals surface area contributed by atoms with Crippen LogP contribution in [0.1, 0.15) is 47.4 Å². The molecule has 7 nitrogen and oxygen atoms in total. The molecular formula is C35H34ClN3O4. The number of hydrogen-bond acceptors (Lipinski definition) is 5. The molecule has 2 aliphatic rings. The molecule has 0 bridgehead atoms. The molecule has 220 valence electrons. The Kier molecular flexibility index (Phi) is 8.61. The number of para-hydroxylation sites is 2. The van der Waals surface area contributed by atoms with E-state index in [2.05, 4.69) is 34.5 Å². The predicted molar refractivity (Wildman–Crippen MR) is 170 cm³/mol. The molecule has 4 aromatic rings. The van der Waals surface area contributed by atoms with Crippen LogP contribution in [0, 0.1) is 0 Å². The third-order valence-electron chi connectivity index (χ3n) is 8.25. The fourth-order valence-corrected chi connectivity index (χ4v) is 6.12. The third-order valence-corrected chi connectivity index (χ3v) is 8.50. The Morgan fingerprint density at radius 1 is 0.930 bits per heavy atom. The minimum Gasteiger partial charge on any atom is -0.451 e. The molecule has 3 aromatic carbocycles. The molecule has 8 heteroatoms. The van der Waals surface area contributed by atoms with Gasteiger partial charge in [-0.15, -0.1) is 0 Å². The lowest BCUT2D eigenvalue weighted by Gasteiger charge is -2.33. The van der Waals surface area contributed by atoms with E-state index in [0.29, 0.717) is 35.4 Å². The Hall–Kier alpha value is -4.36. The fraction of sp³-hybridized carbons (Fsp3) is 0.286. The molecule has 1 atom stereocenters. The smallest absolute Gasteiger partial charge is 0.287 e. The number of benzene rings is 3. The molecule has 1 N–H and O–H groups in total. The predicted octanol–water partition coefficient (Wildman–Crippen LogP) is 6.14. The van der Waals surface area contributed by atoms with Gasteiger partial charge in [0.25, 0.3) is 5.91 Å². The molecule has 43 heavy (non-hydrogen) atoms. The average Bonchev–Trinajstić information content (AvgIpc) is 3.42. The number of carbonyl (C=O) groups is 2. The van der Waals surface area contributed by atoms with Gasteiger partial charge in [-0.3, -0.25) is 14.4 Å². The second-order valence-electron chi connectivity index (χ2n) is 11.2. The van der Waals surface area contributed by atoms with Crippen LogP contribution in [-0.4, -0.2) is 42.4 Å². The van der Waals surface area contributed by atoms with Crippen molar-refractivity contribution in [1.82, 2.24) is 10.2 Å². The zero-order valence-electron chi connectivity index (χ0n) is 23.9. The number of hydrogen-bond donors (Lipinski definition) is 1. The quantitative estimate of drug-likeness (QED) is 0.248. The Labute approximate surface area is 255 Å². The van der Waals surface area contributed by atoms with Crippen LogP contribution in [0.4, 0.5) is 5.69 Å². The first-order valence-corrected chi connectivity index (χ1v) is 15.2. The van der Waals surface area contributed by atoms with E-state index in [1.165, 1.54) is 22.9 Å². The summed E-state index contributed by atoms with van der Waals surface area (Å²) < 4.78 is 5.81. The van der Waals surface area contributed by atoms with Gasteiger partial charge in [0, 0.05) is 49.4 Å². The zero-order chi connectivity index (χ0) is 29.8. The van der Waals surface area contributed by atoms with E-state index in [9.17, 15) is 14.4 Å². The maximum Gasteiger partial charge on any atom is 0.287 e. The summed E-state index contributed by atoms with van der Waals surface area (Å²) in [6, 6.07) is 23.8. The first-order chi connectivity index (χ1) is 20.9. The van der Waals surface area contributed by atoms with Gasteiger partial charge in [0.2, 0.25) is 5.91 Å². The summed E-state index contributed by atoms with van der Waals surface area (Å²) in [7, 11) is 0. The van der Waals surface area contributed by atoms with Crippen LogP contribution in [0.15, 0.2) is 99.7 Å². The molecule has 2 amide bonds. The molecule has 3 heterocycles. The SMILES string of the molecule is O=C(NC(C=C1CCN(c2ccccc2CN2CCCC2=O)CC1)Cc1ccc(Cl)cc1)c1cc(=O)c2ccccc2o1. The van der Waals surface area contributed by atoms with Crippen LogP contribution in [0.2, 0.25) is 5.02 Å². The number of nitrogens with zero attached hydrogens (tertiary/aromatic N) is 2. The number of piperidine rings is 1. The van der Waals surface area contributed by atoms with Crippen molar-refractivity contribution in [3.8, 4) is 0 Å². The number of halogens is 1. The number of carbonyl (C=O) groups excluding carboxylic acids is 2. The van der Waals surface area contributed by atoms with Crippen molar-refractivity contribution >= 4 is 40.1 Å². The standard InChI is InChI=1S/C35H34ClN3O4/c36-27-13-11-24(12-14-27)20-28(37-35(42)33-22-31(40)29-7-2-4-9-32(29)43-33)21-25-15-18-38(19-16-25)30-8-3-1-6-26(30)23-39-17-5-10-34(39)41/h1-4,6-9,11-14,21-22,28H,5,10,15-20,23H2,(H,37,42). The van der Waals surface area contributed by atoms with Crippen LogP contribution >= 0.6 is 11.6 Å². The highest BCUT2D eigenvalue weighted by Gasteiger charge is 2.24. The lowest BCUT2D eigenvalue weighted by atomic mass is 9.97. The average molecular weight is 596 g/mol. The molecule has 2 aliphatic heterocycles. The van der Waals surface area contributed by atoms with Gasteiger partial charge in [-0.2, -0.15) is 0 Å². The van der Waals surface area contributed by atoms with Gasteiger partial charge in [0.1, 0.15) is 5.58 Å². The van der Waals surface area contributed by atoms with Crippen LogP contribution < -0.4 is 15.6 Å². The second kappa shape index (κ2) is 12.9. The van der Waals surface area contributed by atoms with Crippen molar-refractivity contribution in [2.24, 2.45) is 0 Å². The molecule has 6 rings (SSSR count). The minimum absolute atomic E-state index is 0.00823. The summed E-state index contributed by atoms with van der Waals surface area (Å²) in [5.41, 5.74) is 4.79. The van der Waals surface area contributed by atoms with E-state index in [1.54, 1.807) is 24.3 Å². The van der Waals surface area contributed by atoms with Gasteiger partial charge in [0.15, 0.2) is 11.2 Å². The molecule has 1 unspecified atom stereocenters. The Balaban J connectivity index is 1.18. The normalized spacial score (nSPS) is 16.0. The van der Waals surface area contributed by atoms with Crippen molar-refractivity contribution < 1.29 is 14.0 Å². The van der Waals surface area contributed by atoms with Crippen molar-refractivity contribution in [3.05, 3.63) is 123 Å². The maximum absolute atomic E-state index is 13.3. The van der Waals surface area contributed by atoms with Gasteiger partial charge in [-0.1, -0.05) is 65.7 Å². The first-order valence-electron chi connectivity index (χ1n) is 14.8. The van der Waals surface area contributed by atoms with E-state index >= 15 is 0 Å². The largest absolute Gasteiger partial charge is 0.451 e. The number of anilines is 1. The van der Waals surface area contributed by atoms with Crippen molar-refractivity contribution in [1.29, 1.82) is 0 Å². The molecule has 2 fully saturated rings. The van der Waals surface area contributed by atoms with Gasteiger partial charge < -0.3 is 19.5 Å². The lowest BCUT2D eigenvalue weighted by molar-refractivity contribution is -0.128. The highest BCUT2D eigenvalue weighted by molar-refractivity contribution is 6.30. The summed E-state index contributed by atoms with van der Waals surface area (Å²) in [6.45, 7) is 3.16. The summed E-state index contributed by atoms with van der Waals surface area (Å²) >= 11 is 6.11. The minimum atomic E-state index is -0.429. The molecule has 0 spiro atoms. The highest BCUT2D eigenvalue weighted by atomic mass is 35.5. The van der Waals surface area contributed by atoms with Crippen molar-refractivity contribution in [3.63, 3.8) is 0 Å². The number of fused-ring (bicyclic) bond motifs is 1. The highest BCUT2D eigenvalue weighted by Crippen LogP contribution is 2.28. The van der Waals surface area contributed by atoms with Crippen LogP contribution in [0.5, 0.6) is 0 Å². The van der Waals surface area contributed by atoms with Crippen molar-refractivity contribution in [2.45, 2.75) is 44.7 Å². The fourth-order valence-electron chi connectivity index (χ4n) is 6.00. The second-order valence-corrected chi connectivity index (χ2v) is 11.7. The van der Waals surface area contributed by atoms with Gasteiger partial charge >= 0.3 is 0 Å². The summed E-state index contributed by atoms with van der Waals surface area (Å²) in [5.74, 6) is -0.206. The Morgan fingerprint density at radius 2 is 1.67 bits per heavy atom. The first kappa shape index (κ1) is 28.7. The van der Waals surface area contributed by atoms with E-state index < -0.39 is 5.91 Å². The van der Waals surface area contributed by atoms with E-state index in [0.717, 1.165) is 44.5 Å². The number of rotatable bonds is 8. The van der Waals surface area contributed by atoms with Crippen LogP contribution in [0.25, 0.3) is 11.0 Å². The third kappa shape index (κ3) is 6.83. The topological polar surface area (TPSA) is 82.9 Å². The molecule has 1 aromatic heterocycles. The van der Waals surface area contributed by atoms with Crippen LogP contribution in [-0.2, 0) is 17.8 Å². The molecule has 0 radical (unpaired) electrons. The van der Waals surface area contributed by atoms with Crippen molar-refractivity contribution in [2.75, 3.05) is 24.5 Å². The number of amides is 2. The Morgan fingerprint density at radius 3 is 2.44 bits per heavy atom.